The minimum Gasteiger partial charge on any atom is -0.352 e. The van der Waals surface area contributed by atoms with E-state index in [-0.39, 0.29) is 17.7 Å². The molecule has 2 nitrogen and oxygen atoms in total. The molecule has 2 atom stereocenters. The fourth-order valence-electron chi connectivity index (χ4n) is 4.92. The predicted molar refractivity (Wildman–Crippen MR) is 97.0 cm³/mol. The van der Waals surface area contributed by atoms with E-state index in [4.69, 9.17) is 0 Å². The zero-order valence-electron chi connectivity index (χ0n) is 14.0. The van der Waals surface area contributed by atoms with E-state index in [2.05, 4.69) is 67.4 Å². The monoisotopic (exact) mass is 317 g/mol. The van der Waals surface area contributed by atoms with Crippen molar-refractivity contribution < 1.29 is 4.79 Å². The molecular formula is C22H23NO. The molecule has 3 aliphatic carbocycles. The molecule has 1 amide bonds. The van der Waals surface area contributed by atoms with Crippen LogP contribution in [0.4, 0.5) is 0 Å². The van der Waals surface area contributed by atoms with Gasteiger partial charge in [-0.15, -0.1) is 6.58 Å². The third-order valence-electron chi connectivity index (χ3n) is 5.78. The van der Waals surface area contributed by atoms with Crippen LogP contribution in [0.1, 0.15) is 47.4 Å². The second kappa shape index (κ2) is 5.94. The second-order valence-electron chi connectivity index (χ2n) is 6.84. The van der Waals surface area contributed by atoms with Crippen molar-refractivity contribution in [1.29, 1.82) is 0 Å². The number of hydrogen-bond acceptors (Lipinski definition) is 1. The molecule has 2 heteroatoms. The van der Waals surface area contributed by atoms with Crippen molar-refractivity contribution in [1.82, 2.24) is 5.32 Å². The lowest BCUT2D eigenvalue weighted by Gasteiger charge is -2.50. The van der Waals surface area contributed by atoms with Gasteiger partial charge in [0.25, 0.3) is 0 Å². The van der Waals surface area contributed by atoms with Crippen LogP contribution in [0.3, 0.4) is 0 Å². The molecule has 2 aromatic rings. The number of carbonyl (C=O) groups is 1. The van der Waals surface area contributed by atoms with Crippen LogP contribution in [0.5, 0.6) is 0 Å². The third kappa shape index (κ3) is 2.06. The van der Waals surface area contributed by atoms with Crippen molar-refractivity contribution >= 4 is 5.91 Å². The normalized spacial score (nSPS) is 26.4. The lowest BCUT2D eigenvalue weighted by molar-refractivity contribution is -0.128. The SMILES string of the molecule is C=CCNC(=O)[C@@H]1C2c3ccccc3C(c3ccccc32)[C@@H]1CC. The molecule has 1 N–H and O–H groups in total. The van der Waals surface area contributed by atoms with Gasteiger partial charge in [-0.05, 0) is 28.2 Å². The lowest BCUT2D eigenvalue weighted by Crippen LogP contribution is -2.47. The number of carbonyl (C=O) groups excluding carboxylic acids is 1. The van der Waals surface area contributed by atoms with Crippen molar-refractivity contribution in [3.05, 3.63) is 83.4 Å². The molecule has 3 aliphatic rings. The Morgan fingerprint density at radius 1 is 1.00 bits per heavy atom. The van der Waals surface area contributed by atoms with Crippen LogP contribution in [0, 0.1) is 11.8 Å². The largest absolute Gasteiger partial charge is 0.352 e. The summed E-state index contributed by atoms with van der Waals surface area (Å²) in [5.41, 5.74) is 5.51. The van der Waals surface area contributed by atoms with E-state index < -0.39 is 0 Å². The van der Waals surface area contributed by atoms with E-state index >= 15 is 0 Å². The number of nitrogens with one attached hydrogen (secondary N) is 1. The van der Waals surface area contributed by atoms with Crippen molar-refractivity contribution in [2.45, 2.75) is 25.2 Å². The molecule has 0 saturated heterocycles. The third-order valence-corrected chi connectivity index (χ3v) is 5.78. The Hall–Kier alpha value is -2.35. The summed E-state index contributed by atoms with van der Waals surface area (Å²) in [6.07, 6.45) is 2.76. The van der Waals surface area contributed by atoms with Crippen LogP contribution in [-0.4, -0.2) is 12.5 Å². The van der Waals surface area contributed by atoms with Crippen LogP contribution in [0.15, 0.2) is 61.2 Å². The molecule has 0 aromatic heterocycles. The minimum atomic E-state index is 0.00440. The number of rotatable bonds is 4. The van der Waals surface area contributed by atoms with Gasteiger partial charge in [0.2, 0.25) is 5.91 Å². The van der Waals surface area contributed by atoms with Gasteiger partial charge in [0.05, 0.1) is 5.92 Å². The van der Waals surface area contributed by atoms with Crippen molar-refractivity contribution in [2.75, 3.05) is 6.54 Å². The number of fused-ring (bicyclic) bond motifs is 1. The lowest BCUT2D eigenvalue weighted by atomic mass is 9.53. The highest BCUT2D eigenvalue weighted by Crippen LogP contribution is 2.59. The topological polar surface area (TPSA) is 29.1 Å². The maximum Gasteiger partial charge on any atom is 0.224 e. The molecule has 0 spiro atoms. The Balaban J connectivity index is 1.89. The highest BCUT2D eigenvalue weighted by atomic mass is 16.1. The highest BCUT2D eigenvalue weighted by molar-refractivity contribution is 5.83. The molecule has 0 unspecified atom stereocenters. The van der Waals surface area contributed by atoms with Crippen molar-refractivity contribution in [3.8, 4) is 0 Å². The molecule has 24 heavy (non-hydrogen) atoms. The summed E-state index contributed by atoms with van der Waals surface area (Å²) >= 11 is 0. The fraction of sp³-hybridized carbons (Fsp3) is 0.318. The molecule has 122 valence electrons. The average molecular weight is 317 g/mol. The van der Waals surface area contributed by atoms with Gasteiger partial charge in [-0.2, -0.15) is 0 Å². The first-order chi connectivity index (χ1) is 11.8. The molecule has 0 fully saturated rings. The van der Waals surface area contributed by atoms with E-state index in [9.17, 15) is 4.79 Å². The van der Waals surface area contributed by atoms with E-state index in [1.165, 1.54) is 22.3 Å². The van der Waals surface area contributed by atoms with Gasteiger partial charge in [0.1, 0.15) is 0 Å². The first-order valence-corrected chi connectivity index (χ1v) is 8.84. The zero-order valence-corrected chi connectivity index (χ0v) is 14.0. The molecule has 0 heterocycles. The van der Waals surface area contributed by atoms with Gasteiger partial charge in [0.15, 0.2) is 0 Å². The Labute approximate surface area is 143 Å². The standard InChI is InChI=1S/C22H23NO/c1-3-13-23-22(24)21-14(4-2)19-15-9-5-7-11-17(15)20(21)18-12-8-6-10-16(18)19/h3,5-12,14,19-21H,1,4,13H2,2H3,(H,23,24)/t14-,19?,20?,21-/m0/s1. The minimum absolute atomic E-state index is 0.00440. The van der Waals surface area contributed by atoms with Gasteiger partial charge >= 0.3 is 0 Å². The maximum absolute atomic E-state index is 13.0. The fourth-order valence-corrected chi connectivity index (χ4v) is 4.92. The van der Waals surface area contributed by atoms with Gasteiger partial charge in [-0.25, -0.2) is 0 Å². The summed E-state index contributed by atoms with van der Waals surface area (Å²) in [6.45, 7) is 6.47. The van der Waals surface area contributed by atoms with Gasteiger partial charge in [0, 0.05) is 18.4 Å². The Morgan fingerprint density at radius 3 is 1.96 bits per heavy atom. The summed E-state index contributed by atoms with van der Waals surface area (Å²) < 4.78 is 0. The second-order valence-corrected chi connectivity index (χ2v) is 6.84. The van der Waals surface area contributed by atoms with Crippen LogP contribution in [0.2, 0.25) is 0 Å². The predicted octanol–water partition coefficient (Wildman–Crippen LogP) is 4.22. The van der Waals surface area contributed by atoms with E-state index in [1.54, 1.807) is 6.08 Å². The smallest absolute Gasteiger partial charge is 0.224 e. The first kappa shape index (κ1) is 15.2. The Kier molecular flexibility index (Phi) is 3.76. The summed E-state index contributed by atoms with van der Waals surface area (Å²) in [5, 5.41) is 3.06. The van der Waals surface area contributed by atoms with Crippen molar-refractivity contribution in [3.63, 3.8) is 0 Å². The molecule has 2 bridgehead atoms. The Bertz CT molecular complexity index is 747. The summed E-state index contributed by atoms with van der Waals surface area (Å²) in [5.74, 6) is 1.01. The number of amides is 1. The molecule has 2 aromatic carbocycles. The quantitative estimate of drug-likeness (QED) is 0.840. The molecule has 0 saturated carbocycles. The molecular weight excluding hydrogens is 294 g/mol. The highest BCUT2D eigenvalue weighted by Gasteiger charge is 2.51. The molecule has 0 radical (unpaired) electrons. The van der Waals surface area contributed by atoms with Gasteiger partial charge in [-0.3, -0.25) is 4.79 Å². The summed E-state index contributed by atoms with van der Waals surface area (Å²) in [4.78, 5) is 13.0. The summed E-state index contributed by atoms with van der Waals surface area (Å²) in [7, 11) is 0. The van der Waals surface area contributed by atoms with Gasteiger partial charge in [-0.1, -0.05) is 68.0 Å². The van der Waals surface area contributed by atoms with E-state index in [0.29, 0.717) is 18.4 Å². The van der Waals surface area contributed by atoms with Crippen LogP contribution >= 0.6 is 0 Å². The average Bonchev–Trinajstić information content (AvgIpc) is 2.65. The van der Waals surface area contributed by atoms with Crippen LogP contribution in [0.25, 0.3) is 0 Å². The van der Waals surface area contributed by atoms with Crippen LogP contribution < -0.4 is 5.32 Å². The first-order valence-electron chi connectivity index (χ1n) is 8.84. The zero-order chi connectivity index (χ0) is 16.7. The Morgan fingerprint density at radius 2 is 1.50 bits per heavy atom. The van der Waals surface area contributed by atoms with E-state index in [1.807, 2.05) is 0 Å². The number of benzene rings is 2. The van der Waals surface area contributed by atoms with E-state index in [0.717, 1.165) is 6.42 Å². The maximum atomic E-state index is 13.0. The molecule has 5 rings (SSSR count). The summed E-state index contributed by atoms with van der Waals surface area (Å²) in [6, 6.07) is 17.4. The number of hydrogen-bond donors (Lipinski definition) is 1. The van der Waals surface area contributed by atoms with Gasteiger partial charge < -0.3 is 5.32 Å². The van der Waals surface area contributed by atoms with Crippen molar-refractivity contribution in [2.24, 2.45) is 11.8 Å². The van der Waals surface area contributed by atoms with Crippen LogP contribution in [-0.2, 0) is 4.79 Å². The molecule has 0 aliphatic heterocycles.